The van der Waals surface area contributed by atoms with Gasteiger partial charge < -0.3 is 14.7 Å². The van der Waals surface area contributed by atoms with Crippen LogP contribution in [0, 0.1) is 25.6 Å². The van der Waals surface area contributed by atoms with E-state index >= 15 is 0 Å². The lowest BCUT2D eigenvalue weighted by atomic mass is 9.97. The Hall–Kier alpha value is -3.45. The number of halogens is 1. The molecule has 3 aromatic rings. The molecule has 0 aliphatic carbocycles. The Morgan fingerprint density at radius 1 is 1.09 bits per heavy atom. The van der Waals surface area contributed by atoms with Crippen molar-refractivity contribution in [1.82, 2.24) is 4.90 Å². The molecule has 5 nitrogen and oxygen atoms in total. The summed E-state index contributed by atoms with van der Waals surface area (Å²) in [7, 11) is 0. The third kappa shape index (κ3) is 5.00. The van der Waals surface area contributed by atoms with Gasteiger partial charge in [-0.25, -0.2) is 4.39 Å². The first kappa shape index (κ1) is 24.7. The van der Waals surface area contributed by atoms with E-state index in [-0.39, 0.29) is 23.7 Å². The summed E-state index contributed by atoms with van der Waals surface area (Å²) in [5, 5.41) is 13.2. The molecule has 1 saturated heterocycles. The summed E-state index contributed by atoms with van der Waals surface area (Å²) in [4.78, 5) is 28.6. The molecule has 1 aliphatic heterocycles. The number of aliphatic hydroxyl groups is 1. The summed E-state index contributed by atoms with van der Waals surface area (Å²) in [6, 6.07) is 12.2. The van der Waals surface area contributed by atoms with Crippen LogP contribution in [0.25, 0.3) is 5.76 Å². The van der Waals surface area contributed by atoms with Crippen molar-refractivity contribution in [2.45, 2.75) is 40.3 Å². The lowest BCUT2D eigenvalue weighted by Crippen LogP contribution is -2.29. The Kier molecular flexibility index (Phi) is 7.08. The molecule has 1 N–H and O–H groups in total. The first-order valence-electron chi connectivity index (χ1n) is 11.5. The zero-order chi connectivity index (χ0) is 25.3. The summed E-state index contributed by atoms with van der Waals surface area (Å²) in [5.41, 5.74) is 2.93. The molecule has 1 unspecified atom stereocenters. The molecule has 0 spiro atoms. The highest BCUT2D eigenvalue weighted by Crippen LogP contribution is 2.43. The van der Waals surface area contributed by atoms with Crippen molar-refractivity contribution >= 4 is 28.8 Å². The van der Waals surface area contributed by atoms with Gasteiger partial charge in [0.25, 0.3) is 11.7 Å². The van der Waals surface area contributed by atoms with Gasteiger partial charge in [0.2, 0.25) is 0 Å². The molecule has 0 saturated carbocycles. The Morgan fingerprint density at radius 3 is 2.40 bits per heavy atom. The van der Waals surface area contributed by atoms with Crippen LogP contribution in [0.2, 0.25) is 0 Å². The predicted octanol–water partition coefficient (Wildman–Crippen LogP) is 6.16. The van der Waals surface area contributed by atoms with Gasteiger partial charge in [0.15, 0.2) is 0 Å². The average Bonchev–Trinajstić information content (AvgIpc) is 3.34. The number of thiophene rings is 1. The third-order valence-corrected chi connectivity index (χ3v) is 7.05. The molecule has 1 amide bonds. The number of ether oxygens (including phenoxy) is 1. The molecule has 1 aromatic heterocycles. The van der Waals surface area contributed by atoms with E-state index in [1.165, 1.54) is 28.4 Å². The largest absolute Gasteiger partial charge is 0.507 e. The number of ketones is 1. The topological polar surface area (TPSA) is 66.8 Å². The zero-order valence-corrected chi connectivity index (χ0v) is 21.0. The van der Waals surface area contributed by atoms with Crippen LogP contribution in [0.4, 0.5) is 4.39 Å². The van der Waals surface area contributed by atoms with Gasteiger partial charge in [-0.2, -0.15) is 0 Å². The molecule has 35 heavy (non-hydrogen) atoms. The number of carbonyl (C=O) groups is 2. The fourth-order valence-corrected chi connectivity index (χ4v) is 5.18. The standard InChI is InChI=1S/C28H28FNO4S/c1-16(2)15-34-22-10-7-20(13-18(22)4)25(31)23-24(27-17(3)11-12-35-27)30(28(33)26(23)32)14-19-5-8-21(29)9-6-19/h5-13,16,24,31H,14-15H2,1-4H3/b25-23-. The van der Waals surface area contributed by atoms with Crippen molar-refractivity contribution in [1.29, 1.82) is 0 Å². The molecule has 0 radical (unpaired) electrons. The monoisotopic (exact) mass is 493 g/mol. The number of hydrogen-bond donors (Lipinski definition) is 1. The Labute approximate surface area is 208 Å². The van der Waals surface area contributed by atoms with Crippen LogP contribution in [-0.2, 0) is 16.1 Å². The highest BCUT2D eigenvalue weighted by Gasteiger charge is 2.47. The van der Waals surface area contributed by atoms with Crippen LogP contribution in [0.5, 0.6) is 5.75 Å². The number of aryl methyl sites for hydroxylation is 2. The highest BCUT2D eigenvalue weighted by molar-refractivity contribution is 7.10. The summed E-state index contributed by atoms with van der Waals surface area (Å²) >= 11 is 1.43. The van der Waals surface area contributed by atoms with E-state index in [4.69, 9.17) is 4.74 Å². The second-order valence-corrected chi connectivity index (χ2v) is 10.2. The lowest BCUT2D eigenvalue weighted by Gasteiger charge is -2.25. The van der Waals surface area contributed by atoms with Crippen LogP contribution in [0.1, 0.15) is 47.0 Å². The van der Waals surface area contributed by atoms with Crippen molar-refractivity contribution in [2.75, 3.05) is 6.61 Å². The molecular weight excluding hydrogens is 465 g/mol. The maximum Gasteiger partial charge on any atom is 0.295 e. The van der Waals surface area contributed by atoms with Crippen LogP contribution in [-0.4, -0.2) is 28.3 Å². The lowest BCUT2D eigenvalue weighted by molar-refractivity contribution is -0.140. The predicted molar refractivity (Wildman–Crippen MR) is 135 cm³/mol. The van der Waals surface area contributed by atoms with E-state index in [1.54, 1.807) is 30.3 Å². The number of nitrogens with zero attached hydrogens (tertiary/aromatic N) is 1. The molecule has 0 bridgehead atoms. The number of benzene rings is 2. The minimum Gasteiger partial charge on any atom is -0.507 e. The zero-order valence-electron chi connectivity index (χ0n) is 20.2. The molecule has 2 heterocycles. The smallest absolute Gasteiger partial charge is 0.295 e. The quantitative estimate of drug-likeness (QED) is 0.243. The molecular formula is C28H28FNO4S. The van der Waals surface area contributed by atoms with E-state index in [1.807, 2.05) is 25.3 Å². The van der Waals surface area contributed by atoms with Gasteiger partial charge in [-0.05, 0) is 78.2 Å². The Balaban J connectivity index is 1.77. The normalized spacial score (nSPS) is 17.4. The Morgan fingerprint density at radius 2 is 1.80 bits per heavy atom. The highest BCUT2D eigenvalue weighted by atomic mass is 32.1. The maximum atomic E-state index is 13.4. The molecule has 1 atom stereocenters. The van der Waals surface area contributed by atoms with E-state index in [0.717, 1.165) is 16.0 Å². The third-order valence-electron chi connectivity index (χ3n) is 5.98. The van der Waals surface area contributed by atoms with Crippen molar-refractivity contribution in [2.24, 2.45) is 5.92 Å². The van der Waals surface area contributed by atoms with Gasteiger partial charge in [-0.3, -0.25) is 9.59 Å². The first-order chi connectivity index (χ1) is 16.7. The van der Waals surface area contributed by atoms with Crippen LogP contribution >= 0.6 is 11.3 Å². The fraction of sp³-hybridized carbons (Fsp3) is 0.286. The van der Waals surface area contributed by atoms with Crippen molar-refractivity contribution < 1.29 is 23.8 Å². The number of hydrogen-bond acceptors (Lipinski definition) is 5. The van der Waals surface area contributed by atoms with E-state index in [0.29, 0.717) is 29.4 Å². The number of Topliss-reactive ketones (excluding diaryl/α,β-unsaturated/α-hetero) is 1. The van der Waals surface area contributed by atoms with Gasteiger partial charge in [-0.1, -0.05) is 26.0 Å². The number of aliphatic hydroxyl groups excluding tert-OH is 1. The fourth-order valence-electron chi connectivity index (χ4n) is 4.14. The van der Waals surface area contributed by atoms with Crippen molar-refractivity contribution in [3.05, 3.63) is 92.4 Å². The van der Waals surface area contributed by atoms with Gasteiger partial charge in [0, 0.05) is 17.0 Å². The average molecular weight is 494 g/mol. The number of amides is 1. The Bertz CT molecular complexity index is 1290. The molecule has 2 aromatic carbocycles. The molecule has 4 rings (SSSR count). The van der Waals surface area contributed by atoms with E-state index in [2.05, 4.69) is 13.8 Å². The molecule has 182 valence electrons. The van der Waals surface area contributed by atoms with E-state index < -0.39 is 17.7 Å². The first-order valence-corrected chi connectivity index (χ1v) is 12.4. The summed E-state index contributed by atoms with van der Waals surface area (Å²) in [6.45, 7) is 8.60. The molecule has 7 heteroatoms. The van der Waals surface area contributed by atoms with Crippen LogP contribution in [0.15, 0.2) is 59.5 Å². The minimum absolute atomic E-state index is 0.0536. The second-order valence-electron chi connectivity index (χ2n) is 9.21. The number of carbonyl (C=O) groups excluding carboxylic acids is 2. The SMILES string of the molecule is Cc1cc(/C(O)=C2/C(=O)C(=O)N(Cc3ccc(F)cc3)C2c2sccc2C)ccc1OCC(C)C. The number of likely N-dealkylation sites (tertiary alicyclic amines) is 1. The maximum absolute atomic E-state index is 13.4. The van der Waals surface area contributed by atoms with Gasteiger partial charge >= 0.3 is 0 Å². The van der Waals surface area contributed by atoms with Crippen LogP contribution < -0.4 is 4.74 Å². The second kappa shape index (κ2) is 10.0. The van der Waals surface area contributed by atoms with Gasteiger partial charge in [0.1, 0.15) is 23.4 Å². The summed E-state index contributed by atoms with van der Waals surface area (Å²) < 4.78 is 19.2. The van der Waals surface area contributed by atoms with Crippen molar-refractivity contribution in [3.8, 4) is 5.75 Å². The van der Waals surface area contributed by atoms with Crippen molar-refractivity contribution in [3.63, 3.8) is 0 Å². The summed E-state index contributed by atoms with van der Waals surface area (Å²) in [5.74, 6) is -0.951. The minimum atomic E-state index is -0.739. The van der Waals surface area contributed by atoms with Gasteiger partial charge in [-0.15, -0.1) is 11.3 Å². The summed E-state index contributed by atoms with van der Waals surface area (Å²) in [6.07, 6.45) is 0. The van der Waals surface area contributed by atoms with E-state index in [9.17, 15) is 19.1 Å². The molecule has 1 fully saturated rings. The molecule has 1 aliphatic rings. The van der Waals surface area contributed by atoms with Crippen LogP contribution in [0.3, 0.4) is 0 Å². The van der Waals surface area contributed by atoms with Gasteiger partial charge in [0.05, 0.1) is 12.2 Å². The number of rotatable bonds is 7.